The Morgan fingerprint density at radius 2 is 1.45 bits per heavy atom. The molecular formula is C24H19F3N2O2. The molecule has 4 rings (SSSR count). The van der Waals surface area contributed by atoms with Gasteiger partial charge in [-0.2, -0.15) is 13.2 Å². The predicted octanol–water partition coefficient (Wildman–Crippen LogP) is 5.29. The molecule has 1 aliphatic rings. The minimum atomic E-state index is -4.42. The molecule has 4 nitrogen and oxygen atoms in total. The van der Waals surface area contributed by atoms with Gasteiger partial charge in [-0.25, -0.2) is 0 Å². The Kier molecular flexibility index (Phi) is 5.27. The lowest BCUT2D eigenvalue weighted by Gasteiger charge is -2.40. The van der Waals surface area contributed by atoms with E-state index in [2.05, 4.69) is 0 Å². The maximum Gasteiger partial charge on any atom is 0.416 e. The van der Waals surface area contributed by atoms with Crippen LogP contribution < -0.4 is 9.80 Å². The molecule has 0 saturated carbocycles. The fourth-order valence-electron chi connectivity index (χ4n) is 3.71. The quantitative estimate of drug-likeness (QED) is 0.574. The van der Waals surface area contributed by atoms with Crippen molar-refractivity contribution in [3.05, 3.63) is 95.6 Å². The van der Waals surface area contributed by atoms with Crippen LogP contribution in [0, 0.1) is 0 Å². The zero-order chi connectivity index (χ0) is 22.2. The van der Waals surface area contributed by atoms with Crippen molar-refractivity contribution in [2.75, 3.05) is 9.80 Å². The maximum atomic E-state index is 13.2. The fourth-order valence-corrected chi connectivity index (χ4v) is 3.71. The largest absolute Gasteiger partial charge is 0.416 e. The van der Waals surface area contributed by atoms with Crippen LogP contribution in [0.25, 0.3) is 0 Å². The lowest BCUT2D eigenvalue weighted by Crippen LogP contribution is -2.54. The summed E-state index contributed by atoms with van der Waals surface area (Å²) < 4.78 is 38.5. The number of halogens is 3. The first kappa shape index (κ1) is 20.7. The predicted molar refractivity (Wildman–Crippen MR) is 112 cm³/mol. The summed E-state index contributed by atoms with van der Waals surface area (Å²) in [6.07, 6.45) is -4.42. The normalized spacial score (nSPS) is 16.3. The van der Waals surface area contributed by atoms with Crippen LogP contribution in [0.15, 0.2) is 78.9 Å². The molecule has 0 N–H and O–H groups in total. The van der Waals surface area contributed by atoms with Crippen molar-refractivity contribution in [2.45, 2.75) is 25.7 Å². The third-order valence-electron chi connectivity index (χ3n) is 5.30. The Balaban J connectivity index is 1.69. The number of carbonyl (C=O) groups excluding carboxylic acids is 2. The highest BCUT2D eigenvalue weighted by Crippen LogP contribution is 2.38. The highest BCUT2D eigenvalue weighted by molar-refractivity contribution is 6.17. The van der Waals surface area contributed by atoms with Gasteiger partial charge in [0.2, 0.25) is 5.91 Å². The summed E-state index contributed by atoms with van der Waals surface area (Å²) in [5.74, 6) is -0.592. The van der Waals surface area contributed by atoms with Gasteiger partial charge in [-0.3, -0.25) is 14.5 Å². The summed E-state index contributed by atoms with van der Waals surface area (Å²) in [5, 5.41) is 0. The minimum Gasteiger partial charge on any atom is -0.304 e. The Morgan fingerprint density at radius 3 is 2.06 bits per heavy atom. The van der Waals surface area contributed by atoms with Crippen molar-refractivity contribution in [2.24, 2.45) is 0 Å². The maximum absolute atomic E-state index is 13.2. The Morgan fingerprint density at radius 1 is 0.871 bits per heavy atom. The second kappa shape index (κ2) is 7.91. The molecule has 31 heavy (non-hydrogen) atoms. The molecule has 0 bridgehead atoms. The number of amides is 2. The second-order valence-corrected chi connectivity index (χ2v) is 7.32. The Labute approximate surface area is 177 Å². The molecule has 7 heteroatoms. The number of hydrogen-bond donors (Lipinski definition) is 0. The van der Waals surface area contributed by atoms with E-state index in [-0.39, 0.29) is 18.4 Å². The average molecular weight is 424 g/mol. The van der Waals surface area contributed by atoms with Crippen molar-refractivity contribution in [1.82, 2.24) is 0 Å². The standard InChI is InChI=1S/C24H19F3N2O2/c1-16-22(30)28(15-17-11-13-19(14-12-17)24(25,26)27)20-9-5-6-10-21(20)29(16)23(31)18-7-3-2-4-8-18/h2-14,16H,15H2,1H3. The van der Waals surface area contributed by atoms with Crippen LogP contribution >= 0.6 is 0 Å². The first-order valence-electron chi connectivity index (χ1n) is 9.72. The molecule has 1 atom stereocenters. The van der Waals surface area contributed by atoms with Gasteiger partial charge in [0.1, 0.15) is 6.04 Å². The third kappa shape index (κ3) is 3.91. The van der Waals surface area contributed by atoms with Gasteiger partial charge in [0.15, 0.2) is 0 Å². The molecule has 0 spiro atoms. The first-order chi connectivity index (χ1) is 14.8. The molecule has 3 aromatic carbocycles. The van der Waals surface area contributed by atoms with E-state index in [1.165, 1.54) is 21.9 Å². The van der Waals surface area contributed by atoms with E-state index in [1.807, 2.05) is 0 Å². The zero-order valence-electron chi connectivity index (χ0n) is 16.6. The number of anilines is 2. The van der Waals surface area contributed by atoms with E-state index in [4.69, 9.17) is 0 Å². The molecule has 3 aromatic rings. The van der Waals surface area contributed by atoms with Gasteiger partial charge in [0.25, 0.3) is 5.91 Å². The lowest BCUT2D eigenvalue weighted by molar-refractivity contribution is -0.137. The van der Waals surface area contributed by atoms with E-state index >= 15 is 0 Å². The number of fused-ring (bicyclic) bond motifs is 1. The summed E-state index contributed by atoms with van der Waals surface area (Å²) in [4.78, 5) is 29.4. The molecule has 1 unspecified atom stereocenters. The van der Waals surface area contributed by atoms with Crippen LogP contribution in [0.4, 0.5) is 24.5 Å². The van der Waals surface area contributed by atoms with E-state index in [0.29, 0.717) is 22.5 Å². The number of rotatable bonds is 3. The molecule has 0 radical (unpaired) electrons. The van der Waals surface area contributed by atoms with Gasteiger partial charge < -0.3 is 4.90 Å². The van der Waals surface area contributed by atoms with Crippen LogP contribution in [0.3, 0.4) is 0 Å². The van der Waals surface area contributed by atoms with Gasteiger partial charge >= 0.3 is 6.18 Å². The number of carbonyl (C=O) groups is 2. The van der Waals surface area contributed by atoms with Crippen LogP contribution in [-0.4, -0.2) is 17.9 Å². The third-order valence-corrected chi connectivity index (χ3v) is 5.30. The van der Waals surface area contributed by atoms with Crippen molar-refractivity contribution >= 4 is 23.2 Å². The topological polar surface area (TPSA) is 40.6 Å². The van der Waals surface area contributed by atoms with Crippen LogP contribution in [0.2, 0.25) is 0 Å². The van der Waals surface area contributed by atoms with E-state index in [1.54, 1.807) is 61.5 Å². The summed E-state index contributed by atoms with van der Waals surface area (Å²) in [7, 11) is 0. The van der Waals surface area contributed by atoms with Gasteiger partial charge in [-0.15, -0.1) is 0 Å². The number of benzene rings is 3. The van der Waals surface area contributed by atoms with Crippen LogP contribution in [0.5, 0.6) is 0 Å². The van der Waals surface area contributed by atoms with E-state index < -0.39 is 17.8 Å². The summed E-state index contributed by atoms with van der Waals surface area (Å²) in [6.45, 7) is 1.75. The Hall–Kier alpha value is -3.61. The molecule has 0 aromatic heterocycles. The number of nitrogens with zero attached hydrogens (tertiary/aromatic N) is 2. The molecule has 0 fully saturated rings. The van der Waals surface area contributed by atoms with Crippen molar-refractivity contribution in [3.63, 3.8) is 0 Å². The average Bonchev–Trinajstić information content (AvgIpc) is 2.77. The van der Waals surface area contributed by atoms with Gasteiger partial charge in [-0.1, -0.05) is 42.5 Å². The fraction of sp³-hybridized carbons (Fsp3) is 0.167. The first-order valence-corrected chi connectivity index (χ1v) is 9.72. The van der Waals surface area contributed by atoms with Crippen molar-refractivity contribution in [3.8, 4) is 0 Å². The van der Waals surface area contributed by atoms with Gasteiger partial charge in [-0.05, 0) is 48.9 Å². The monoisotopic (exact) mass is 424 g/mol. The molecule has 0 aliphatic carbocycles. The number of hydrogen-bond acceptors (Lipinski definition) is 2. The SMILES string of the molecule is CC1C(=O)N(Cc2ccc(C(F)(F)F)cc2)c2ccccc2N1C(=O)c1ccccc1. The highest BCUT2D eigenvalue weighted by Gasteiger charge is 2.39. The summed E-state index contributed by atoms with van der Waals surface area (Å²) in [6, 6.07) is 19.7. The molecule has 2 amide bonds. The number of alkyl halides is 3. The second-order valence-electron chi connectivity index (χ2n) is 7.32. The van der Waals surface area contributed by atoms with E-state index in [0.717, 1.165) is 12.1 Å². The minimum absolute atomic E-state index is 0.103. The molecule has 1 aliphatic heterocycles. The molecule has 1 heterocycles. The van der Waals surface area contributed by atoms with Crippen molar-refractivity contribution < 1.29 is 22.8 Å². The van der Waals surface area contributed by atoms with Gasteiger partial charge in [0, 0.05) is 5.56 Å². The Bertz CT molecular complexity index is 1110. The molecule has 0 saturated heterocycles. The van der Waals surface area contributed by atoms with Crippen LogP contribution in [0.1, 0.15) is 28.4 Å². The zero-order valence-corrected chi connectivity index (χ0v) is 16.6. The summed E-state index contributed by atoms with van der Waals surface area (Å²) in [5.41, 5.74) is 1.40. The van der Waals surface area contributed by atoms with Crippen LogP contribution in [-0.2, 0) is 17.5 Å². The molecular weight excluding hydrogens is 405 g/mol. The number of para-hydroxylation sites is 2. The smallest absolute Gasteiger partial charge is 0.304 e. The summed E-state index contributed by atoms with van der Waals surface area (Å²) >= 11 is 0. The lowest BCUT2D eigenvalue weighted by atomic mass is 10.0. The molecule has 158 valence electrons. The highest BCUT2D eigenvalue weighted by atomic mass is 19.4. The van der Waals surface area contributed by atoms with Gasteiger partial charge in [0.05, 0.1) is 23.5 Å². The van der Waals surface area contributed by atoms with Crippen molar-refractivity contribution in [1.29, 1.82) is 0 Å². The van der Waals surface area contributed by atoms with E-state index in [9.17, 15) is 22.8 Å².